The molecular formula is C20H24ClN3O2. The summed E-state index contributed by atoms with van der Waals surface area (Å²) in [6.07, 6.45) is 0.673. The number of hydrogen-bond donors (Lipinski definition) is 0. The molecule has 0 aliphatic heterocycles. The summed E-state index contributed by atoms with van der Waals surface area (Å²) in [5.41, 5.74) is 2.02. The first-order valence-corrected chi connectivity index (χ1v) is 8.35. The predicted octanol–water partition coefficient (Wildman–Crippen LogP) is 2.98. The molecular weight excluding hydrogens is 350 g/mol. The zero-order chi connectivity index (χ0) is 17.8. The first kappa shape index (κ1) is 19.9. The molecule has 0 aliphatic carbocycles. The van der Waals surface area contributed by atoms with Crippen molar-refractivity contribution in [2.45, 2.75) is 13.0 Å². The Hall–Kier alpha value is -2.37. The van der Waals surface area contributed by atoms with Gasteiger partial charge in [-0.3, -0.25) is 4.79 Å². The van der Waals surface area contributed by atoms with Gasteiger partial charge in [0.25, 0.3) is 5.56 Å². The second-order valence-corrected chi connectivity index (χ2v) is 6.35. The molecule has 1 aromatic heterocycles. The number of hydrogen-bond acceptors (Lipinski definition) is 4. The van der Waals surface area contributed by atoms with Gasteiger partial charge in [0.05, 0.1) is 24.7 Å². The number of methoxy groups -OCH3 is 1. The van der Waals surface area contributed by atoms with Crippen LogP contribution >= 0.6 is 12.4 Å². The quantitative estimate of drug-likeness (QED) is 0.666. The van der Waals surface area contributed by atoms with Crippen molar-refractivity contribution < 1.29 is 4.74 Å². The number of likely N-dealkylation sites (N-methyl/N-ethyl adjacent to an activating group) is 1. The lowest BCUT2D eigenvalue weighted by molar-refractivity contribution is 0.367. The highest BCUT2D eigenvalue weighted by molar-refractivity contribution is 5.85. The molecule has 3 aromatic rings. The molecule has 0 N–H and O–H groups in total. The topological polar surface area (TPSA) is 47.4 Å². The highest BCUT2D eigenvalue weighted by Gasteiger charge is 2.11. The normalized spacial score (nSPS) is 10.8. The molecule has 26 heavy (non-hydrogen) atoms. The van der Waals surface area contributed by atoms with Crippen molar-refractivity contribution in [2.75, 3.05) is 27.7 Å². The molecule has 0 unspecified atom stereocenters. The summed E-state index contributed by atoms with van der Waals surface area (Å²) in [5.74, 6) is 0.831. The summed E-state index contributed by atoms with van der Waals surface area (Å²) in [6.45, 7) is 1.35. The Labute approximate surface area is 159 Å². The third kappa shape index (κ3) is 4.42. The zero-order valence-corrected chi connectivity index (χ0v) is 16.1. The Balaban J connectivity index is 0.00000243. The molecule has 0 saturated carbocycles. The van der Waals surface area contributed by atoms with Crippen LogP contribution in [0.5, 0.6) is 5.75 Å². The van der Waals surface area contributed by atoms with Crippen LogP contribution in [0, 0.1) is 0 Å². The molecule has 0 bridgehead atoms. The van der Waals surface area contributed by atoms with E-state index in [1.807, 2.05) is 67.5 Å². The fourth-order valence-corrected chi connectivity index (χ4v) is 2.82. The third-order valence-corrected chi connectivity index (χ3v) is 4.23. The molecule has 0 atom stereocenters. The van der Waals surface area contributed by atoms with Crippen LogP contribution in [0.15, 0.2) is 53.3 Å². The van der Waals surface area contributed by atoms with Crippen LogP contribution < -0.4 is 10.3 Å². The number of nitrogens with zero attached hydrogens (tertiary/aromatic N) is 3. The third-order valence-electron chi connectivity index (χ3n) is 4.23. The lowest BCUT2D eigenvalue weighted by Crippen LogP contribution is -2.29. The zero-order valence-electron chi connectivity index (χ0n) is 15.3. The van der Waals surface area contributed by atoms with Crippen molar-refractivity contribution in [1.82, 2.24) is 14.7 Å². The monoisotopic (exact) mass is 373 g/mol. The lowest BCUT2D eigenvalue weighted by Gasteiger charge is -2.14. The fourth-order valence-electron chi connectivity index (χ4n) is 2.82. The highest BCUT2D eigenvalue weighted by Crippen LogP contribution is 2.19. The average molecular weight is 374 g/mol. The van der Waals surface area contributed by atoms with Crippen molar-refractivity contribution in [3.05, 3.63) is 70.1 Å². The van der Waals surface area contributed by atoms with Gasteiger partial charge in [-0.1, -0.05) is 30.3 Å². The number of aromatic nitrogens is 2. The van der Waals surface area contributed by atoms with Gasteiger partial charge in [-0.15, -0.1) is 12.4 Å². The molecule has 5 nitrogen and oxygen atoms in total. The summed E-state index contributed by atoms with van der Waals surface area (Å²) < 4.78 is 6.80. The van der Waals surface area contributed by atoms with Crippen LogP contribution in [-0.4, -0.2) is 42.4 Å². The van der Waals surface area contributed by atoms with E-state index in [0.29, 0.717) is 13.0 Å². The van der Waals surface area contributed by atoms with Crippen molar-refractivity contribution >= 4 is 23.2 Å². The predicted molar refractivity (Wildman–Crippen MR) is 108 cm³/mol. The Bertz CT molecular complexity index is 920. The van der Waals surface area contributed by atoms with Gasteiger partial charge in [-0.2, -0.15) is 5.10 Å². The summed E-state index contributed by atoms with van der Waals surface area (Å²) in [6, 6.07) is 15.7. The van der Waals surface area contributed by atoms with E-state index in [0.717, 1.165) is 34.3 Å². The molecule has 0 spiro atoms. The van der Waals surface area contributed by atoms with E-state index in [2.05, 4.69) is 5.10 Å². The Morgan fingerprint density at radius 1 is 1.04 bits per heavy atom. The van der Waals surface area contributed by atoms with Crippen molar-refractivity contribution in [2.24, 2.45) is 0 Å². The Morgan fingerprint density at radius 3 is 2.31 bits per heavy atom. The highest BCUT2D eigenvalue weighted by atomic mass is 35.5. The van der Waals surface area contributed by atoms with Gasteiger partial charge in [0, 0.05) is 18.4 Å². The van der Waals surface area contributed by atoms with E-state index in [9.17, 15) is 4.79 Å². The summed E-state index contributed by atoms with van der Waals surface area (Å²) in [7, 11) is 5.64. The van der Waals surface area contributed by atoms with Crippen LogP contribution in [0.25, 0.3) is 10.8 Å². The molecule has 0 radical (unpaired) electrons. The molecule has 138 valence electrons. The first-order valence-electron chi connectivity index (χ1n) is 8.35. The molecule has 0 aliphatic rings. The van der Waals surface area contributed by atoms with E-state index in [4.69, 9.17) is 4.74 Å². The van der Waals surface area contributed by atoms with Gasteiger partial charge in [0.1, 0.15) is 5.75 Å². The van der Waals surface area contributed by atoms with E-state index >= 15 is 0 Å². The minimum absolute atomic E-state index is 0. The summed E-state index contributed by atoms with van der Waals surface area (Å²) in [4.78, 5) is 14.7. The van der Waals surface area contributed by atoms with Gasteiger partial charge in [0.2, 0.25) is 0 Å². The number of benzene rings is 2. The smallest absolute Gasteiger partial charge is 0.274 e. The molecule has 0 saturated heterocycles. The molecule has 2 aromatic carbocycles. The van der Waals surface area contributed by atoms with E-state index in [1.165, 1.54) is 0 Å². The van der Waals surface area contributed by atoms with Crippen molar-refractivity contribution in [1.29, 1.82) is 0 Å². The van der Waals surface area contributed by atoms with Crippen LogP contribution in [0.1, 0.15) is 11.3 Å². The van der Waals surface area contributed by atoms with E-state index < -0.39 is 0 Å². The number of halogens is 1. The number of rotatable bonds is 6. The minimum Gasteiger partial charge on any atom is -0.497 e. The maximum atomic E-state index is 12.7. The van der Waals surface area contributed by atoms with Crippen LogP contribution in [0.2, 0.25) is 0 Å². The van der Waals surface area contributed by atoms with E-state index in [-0.39, 0.29) is 18.0 Å². The number of ether oxygens (including phenoxy) is 1. The summed E-state index contributed by atoms with van der Waals surface area (Å²) in [5, 5.41) is 6.30. The standard InChI is InChI=1S/C20H23N3O2.ClH/c1-22(2)12-13-23-20(24)18-7-5-4-6-17(18)19(21-23)14-15-8-10-16(25-3)11-9-15;/h4-11H,12-14H2,1-3H3;1H. The van der Waals surface area contributed by atoms with Gasteiger partial charge in [-0.05, 0) is 37.9 Å². The van der Waals surface area contributed by atoms with E-state index in [1.54, 1.807) is 11.8 Å². The van der Waals surface area contributed by atoms with Gasteiger partial charge < -0.3 is 9.64 Å². The van der Waals surface area contributed by atoms with Crippen molar-refractivity contribution in [3.63, 3.8) is 0 Å². The molecule has 1 heterocycles. The van der Waals surface area contributed by atoms with Crippen molar-refractivity contribution in [3.8, 4) is 5.75 Å². The second-order valence-electron chi connectivity index (χ2n) is 6.35. The fraction of sp³-hybridized carbons (Fsp3) is 0.300. The maximum Gasteiger partial charge on any atom is 0.274 e. The molecule has 6 heteroatoms. The summed E-state index contributed by atoms with van der Waals surface area (Å²) >= 11 is 0. The largest absolute Gasteiger partial charge is 0.497 e. The van der Waals surface area contributed by atoms with Gasteiger partial charge >= 0.3 is 0 Å². The SMILES string of the molecule is COc1ccc(Cc2nn(CCN(C)C)c(=O)c3ccccc23)cc1.Cl. The lowest BCUT2D eigenvalue weighted by atomic mass is 10.0. The minimum atomic E-state index is -0.0315. The Morgan fingerprint density at radius 2 is 1.69 bits per heavy atom. The number of fused-ring (bicyclic) bond motifs is 1. The van der Waals surface area contributed by atoms with Crippen LogP contribution in [0.4, 0.5) is 0 Å². The molecule has 3 rings (SSSR count). The Kier molecular flexibility index (Phi) is 6.77. The second kappa shape index (κ2) is 8.83. The maximum absolute atomic E-state index is 12.7. The van der Waals surface area contributed by atoms with Crippen LogP contribution in [0.3, 0.4) is 0 Å². The van der Waals surface area contributed by atoms with Gasteiger partial charge in [-0.25, -0.2) is 4.68 Å². The average Bonchev–Trinajstić information content (AvgIpc) is 2.63. The van der Waals surface area contributed by atoms with Crippen LogP contribution in [-0.2, 0) is 13.0 Å². The first-order chi connectivity index (χ1) is 12.1. The molecule has 0 amide bonds. The van der Waals surface area contributed by atoms with Gasteiger partial charge in [0.15, 0.2) is 0 Å². The molecule has 0 fully saturated rings.